The molecule has 2 aliphatic heterocycles. The van der Waals surface area contributed by atoms with E-state index in [1.54, 1.807) is 0 Å². The molecule has 1 atom stereocenters. The Bertz CT molecular complexity index is 177. The third-order valence-electron chi connectivity index (χ3n) is 2.81. The molecule has 3 heteroatoms. The number of hydrogen-bond acceptors (Lipinski definition) is 3. The molecule has 1 saturated carbocycles. The van der Waals surface area contributed by atoms with Crippen LogP contribution in [0.3, 0.4) is 0 Å². The summed E-state index contributed by atoms with van der Waals surface area (Å²) in [6.45, 7) is 2.34. The van der Waals surface area contributed by atoms with Crippen LogP contribution in [-0.2, 0) is 9.53 Å². The van der Waals surface area contributed by atoms with Gasteiger partial charge in [-0.25, -0.2) is 0 Å². The van der Waals surface area contributed by atoms with E-state index in [2.05, 4.69) is 5.32 Å². The van der Waals surface area contributed by atoms with Crippen LogP contribution in [0, 0.1) is 5.92 Å². The molecule has 1 aliphatic carbocycles. The average Bonchev–Trinajstić information content (AvgIpc) is 2.04. The standard InChI is InChI=1S/C9H15NO2/c1-2-12-9(11)8-5-6-3-7(4-6)10-8/h6-8,10H,2-5H2,1H3. The molecule has 0 radical (unpaired) electrons. The van der Waals surface area contributed by atoms with Gasteiger partial charge in [-0.1, -0.05) is 0 Å². The second kappa shape index (κ2) is 3.05. The summed E-state index contributed by atoms with van der Waals surface area (Å²) in [7, 11) is 0. The lowest BCUT2D eigenvalue weighted by molar-refractivity contribution is -0.148. The Hall–Kier alpha value is -0.570. The maximum atomic E-state index is 11.3. The van der Waals surface area contributed by atoms with Crippen molar-refractivity contribution in [2.24, 2.45) is 5.92 Å². The largest absolute Gasteiger partial charge is 0.465 e. The molecule has 0 aromatic carbocycles. The molecule has 3 rings (SSSR count). The monoisotopic (exact) mass is 169 g/mol. The van der Waals surface area contributed by atoms with E-state index in [-0.39, 0.29) is 12.0 Å². The molecule has 0 spiro atoms. The minimum Gasteiger partial charge on any atom is -0.465 e. The molecule has 68 valence electrons. The van der Waals surface area contributed by atoms with Crippen LogP contribution in [0.5, 0.6) is 0 Å². The third kappa shape index (κ3) is 1.33. The van der Waals surface area contributed by atoms with Crippen molar-refractivity contribution in [2.75, 3.05) is 6.61 Å². The highest BCUT2D eigenvalue weighted by Gasteiger charge is 2.40. The lowest BCUT2D eigenvalue weighted by atomic mass is 9.72. The maximum Gasteiger partial charge on any atom is 0.323 e. The van der Waals surface area contributed by atoms with Gasteiger partial charge in [0.25, 0.3) is 0 Å². The zero-order valence-electron chi connectivity index (χ0n) is 7.38. The lowest BCUT2D eigenvalue weighted by Gasteiger charge is -2.45. The van der Waals surface area contributed by atoms with Crippen LogP contribution in [0.2, 0.25) is 0 Å². The van der Waals surface area contributed by atoms with Gasteiger partial charge in [0.1, 0.15) is 6.04 Å². The first-order chi connectivity index (χ1) is 5.79. The van der Waals surface area contributed by atoms with Crippen LogP contribution in [0.25, 0.3) is 0 Å². The molecule has 3 aliphatic rings. The van der Waals surface area contributed by atoms with Gasteiger partial charge in [-0.15, -0.1) is 0 Å². The minimum atomic E-state index is -0.0631. The van der Waals surface area contributed by atoms with E-state index in [4.69, 9.17) is 4.74 Å². The number of fused-ring (bicyclic) bond motifs is 2. The second-order valence-electron chi connectivity index (χ2n) is 3.74. The second-order valence-corrected chi connectivity index (χ2v) is 3.74. The summed E-state index contributed by atoms with van der Waals surface area (Å²) in [5.41, 5.74) is 0. The Kier molecular flexibility index (Phi) is 2.05. The zero-order chi connectivity index (χ0) is 8.55. The SMILES string of the molecule is CCOC(=O)C1CC2CC(C2)N1. The highest BCUT2D eigenvalue weighted by molar-refractivity contribution is 5.76. The molecule has 0 aromatic heterocycles. The number of hydrogen-bond donors (Lipinski definition) is 1. The molecule has 1 N–H and O–H groups in total. The van der Waals surface area contributed by atoms with Crippen molar-refractivity contribution in [2.45, 2.75) is 38.3 Å². The van der Waals surface area contributed by atoms with Crippen molar-refractivity contribution in [1.82, 2.24) is 5.32 Å². The molecule has 1 unspecified atom stereocenters. The van der Waals surface area contributed by atoms with Crippen molar-refractivity contribution in [3.63, 3.8) is 0 Å². The highest BCUT2D eigenvalue weighted by Crippen LogP contribution is 2.36. The predicted molar refractivity (Wildman–Crippen MR) is 44.7 cm³/mol. The first kappa shape index (κ1) is 8.05. The van der Waals surface area contributed by atoms with Crippen LogP contribution in [0.1, 0.15) is 26.2 Å². The van der Waals surface area contributed by atoms with Gasteiger partial charge in [0, 0.05) is 6.04 Å². The lowest BCUT2D eigenvalue weighted by Crippen LogP contribution is -2.57. The number of rotatable bonds is 2. The zero-order valence-corrected chi connectivity index (χ0v) is 7.38. The molecule has 2 heterocycles. The average molecular weight is 169 g/mol. The fourth-order valence-electron chi connectivity index (χ4n) is 2.16. The van der Waals surface area contributed by atoms with Crippen molar-refractivity contribution < 1.29 is 9.53 Å². The minimum absolute atomic E-state index is 0.0116. The van der Waals surface area contributed by atoms with Gasteiger partial charge >= 0.3 is 5.97 Å². The Labute approximate surface area is 72.5 Å². The van der Waals surface area contributed by atoms with Crippen molar-refractivity contribution in [1.29, 1.82) is 0 Å². The van der Waals surface area contributed by atoms with E-state index in [1.165, 1.54) is 12.8 Å². The summed E-state index contributed by atoms with van der Waals surface area (Å²) in [5.74, 6) is 0.720. The Morgan fingerprint density at radius 3 is 2.75 bits per heavy atom. The summed E-state index contributed by atoms with van der Waals surface area (Å²) in [6.07, 6.45) is 3.50. The first-order valence-electron chi connectivity index (χ1n) is 4.72. The summed E-state index contributed by atoms with van der Waals surface area (Å²) < 4.78 is 4.95. The number of piperidine rings is 2. The molecule has 3 nitrogen and oxygen atoms in total. The van der Waals surface area contributed by atoms with Crippen molar-refractivity contribution in [3.05, 3.63) is 0 Å². The van der Waals surface area contributed by atoms with Crippen LogP contribution in [0.4, 0.5) is 0 Å². The van der Waals surface area contributed by atoms with Crippen molar-refractivity contribution >= 4 is 5.97 Å². The molecule has 2 saturated heterocycles. The topological polar surface area (TPSA) is 38.3 Å². The van der Waals surface area contributed by atoms with E-state index >= 15 is 0 Å². The third-order valence-corrected chi connectivity index (χ3v) is 2.81. The number of nitrogens with one attached hydrogen (secondary N) is 1. The number of ether oxygens (including phenoxy) is 1. The molecule has 0 aromatic rings. The van der Waals surface area contributed by atoms with Crippen molar-refractivity contribution in [3.8, 4) is 0 Å². The summed E-state index contributed by atoms with van der Waals surface area (Å²) in [4.78, 5) is 11.3. The molecule has 3 fully saturated rings. The van der Waals surface area contributed by atoms with E-state index < -0.39 is 0 Å². The van der Waals surface area contributed by atoms with Crippen LogP contribution < -0.4 is 5.32 Å². The molecule has 12 heavy (non-hydrogen) atoms. The highest BCUT2D eigenvalue weighted by atomic mass is 16.5. The summed E-state index contributed by atoms with van der Waals surface area (Å²) in [5, 5.41) is 3.29. The summed E-state index contributed by atoms with van der Waals surface area (Å²) >= 11 is 0. The Morgan fingerprint density at radius 1 is 1.50 bits per heavy atom. The van der Waals surface area contributed by atoms with Gasteiger partial charge in [-0.2, -0.15) is 0 Å². The normalized spacial score (nSPS) is 38.6. The number of carbonyl (C=O) groups is 1. The fraction of sp³-hybridized carbons (Fsp3) is 0.889. The van der Waals surface area contributed by atoms with Gasteiger partial charge in [-0.05, 0) is 32.1 Å². The molecule has 2 bridgehead atoms. The smallest absolute Gasteiger partial charge is 0.323 e. The summed E-state index contributed by atoms with van der Waals surface area (Å²) in [6, 6.07) is 0.584. The maximum absolute atomic E-state index is 11.3. The number of carbonyl (C=O) groups excluding carboxylic acids is 1. The van der Waals surface area contributed by atoms with E-state index in [0.29, 0.717) is 12.6 Å². The van der Waals surface area contributed by atoms with E-state index in [0.717, 1.165) is 12.3 Å². The van der Waals surface area contributed by atoms with Crippen LogP contribution in [0.15, 0.2) is 0 Å². The van der Waals surface area contributed by atoms with Gasteiger partial charge in [-0.3, -0.25) is 4.79 Å². The van der Waals surface area contributed by atoms with Gasteiger partial charge in [0.15, 0.2) is 0 Å². The van der Waals surface area contributed by atoms with Crippen LogP contribution in [-0.4, -0.2) is 24.7 Å². The predicted octanol–water partition coefficient (Wildman–Crippen LogP) is 0.690. The van der Waals surface area contributed by atoms with Gasteiger partial charge < -0.3 is 10.1 Å². The Morgan fingerprint density at radius 2 is 2.25 bits per heavy atom. The molecule has 0 amide bonds. The van der Waals surface area contributed by atoms with Gasteiger partial charge in [0.2, 0.25) is 0 Å². The molecular weight excluding hydrogens is 154 g/mol. The van der Waals surface area contributed by atoms with E-state index in [1.807, 2.05) is 6.92 Å². The fourth-order valence-corrected chi connectivity index (χ4v) is 2.16. The van der Waals surface area contributed by atoms with Crippen LogP contribution >= 0.6 is 0 Å². The van der Waals surface area contributed by atoms with E-state index in [9.17, 15) is 4.79 Å². The quantitative estimate of drug-likeness (QED) is 0.618. The van der Waals surface area contributed by atoms with Gasteiger partial charge in [0.05, 0.1) is 6.61 Å². The number of esters is 1. The first-order valence-corrected chi connectivity index (χ1v) is 4.72. The Balaban J connectivity index is 1.85. The molecular formula is C9H15NO2.